The maximum Gasteiger partial charge on any atom is 0.237 e. The number of thioether (sulfide) groups is 1. The number of hydrogen-bond donors (Lipinski definition) is 1. The van der Waals surface area contributed by atoms with Gasteiger partial charge in [-0.2, -0.15) is 0 Å². The molecule has 1 heterocycles. The van der Waals surface area contributed by atoms with Gasteiger partial charge in [0.15, 0.2) is 4.34 Å². The maximum atomic E-state index is 12.4. The van der Waals surface area contributed by atoms with Gasteiger partial charge in [-0.3, -0.25) is 4.79 Å². The van der Waals surface area contributed by atoms with E-state index >= 15 is 0 Å². The van der Waals surface area contributed by atoms with Crippen LogP contribution in [0.4, 0.5) is 10.8 Å². The van der Waals surface area contributed by atoms with E-state index in [1.54, 1.807) is 11.0 Å². The molecule has 0 atom stereocenters. The predicted octanol–water partition coefficient (Wildman–Crippen LogP) is 3.28. The van der Waals surface area contributed by atoms with Crippen molar-refractivity contribution in [2.45, 2.75) is 11.3 Å². The summed E-state index contributed by atoms with van der Waals surface area (Å²) in [4.78, 5) is 14.1. The second-order valence-electron chi connectivity index (χ2n) is 4.30. The first-order valence-corrected chi connectivity index (χ1v) is 8.71. The van der Waals surface area contributed by atoms with E-state index < -0.39 is 0 Å². The van der Waals surface area contributed by atoms with Crippen LogP contribution >= 0.6 is 23.1 Å². The van der Waals surface area contributed by atoms with E-state index in [0.717, 1.165) is 15.2 Å². The van der Waals surface area contributed by atoms with Crippen LogP contribution in [-0.2, 0) is 4.79 Å². The zero-order valence-electron chi connectivity index (χ0n) is 12.4. The van der Waals surface area contributed by atoms with Gasteiger partial charge in [0.05, 0.1) is 5.75 Å². The van der Waals surface area contributed by atoms with Crippen molar-refractivity contribution in [3.05, 3.63) is 43.0 Å². The summed E-state index contributed by atoms with van der Waals surface area (Å²) in [6, 6.07) is 9.68. The standard InChI is InChI=1S/C15H18N4OS2/c1-3-10-16-14-17-18-15(22-14)21-11-13(20)19(4-2)12-8-6-5-7-9-12/h3,5-9H,1,4,10-11H2,2H3,(H,16,17). The third kappa shape index (κ3) is 4.57. The third-order valence-corrected chi connectivity index (χ3v) is 4.81. The fraction of sp³-hybridized carbons (Fsp3) is 0.267. The highest BCUT2D eigenvalue weighted by Gasteiger charge is 2.15. The molecule has 1 amide bonds. The molecule has 0 bridgehead atoms. The van der Waals surface area contributed by atoms with Crippen LogP contribution in [0.15, 0.2) is 47.3 Å². The van der Waals surface area contributed by atoms with Crippen LogP contribution in [0.3, 0.4) is 0 Å². The van der Waals surface area contributed by atoms with Crippen molar-refractivity contribution < 1.29 is 4.79 Å². The van der Waals surface area contributed by atoms with Crippen LogP contribution in [0.1, 0.15) is 6.92 Å². The first kappa shape index (κ1) is 16.5. The second-order valence-corrected chi connectivity index (χ2v) is 6.50. The van der Waals surface area contributed by atoms with Crippen molar-refractivity contribution in [3.63, 3.8) is 0 Å². The van der Waals surface area contributed by atoms with Crippen LogP contribution in [0.25, 0.3) is 0 Å². The average molecular weight is 334 g/mol. The monoisotopic (exact) mass is 334 g/mol. The molecular formula is C15H18N4OS2. The molecule has 116 valence electrons. The summed E-state index contributed by atoms with van der Waals surface area (Å²) < 4.78 is 0.782. The molecule has 0 radical (unpaired) electrons. The zero-order chi connectivity index (χ0) is 15.8. The van der Waals surface area contributed by atoms with Crippen LogP contribution in [0.2, 0.25) is 0 Å². The smallest absolute Gasteiger partial charge is 0.237 e. The Hall–Kier alpha value is -1.86. The number of amides is 1. The molecule has 0 saturated carbocycles. The number of anilines is 2. The minimum absolute atomic E-state index is 0.0644. The fourth-order valence-electron chi connectivity index (χ4n) is 1.81. The lowest BCUT2D eigenvalue weighted by molar-refractivity contribution is -0.116. The highest BCUT2D eigenvalue weighted by Crippen LogP contribution is 2.26. The number of aromatic nitrogens is 2. The first-order chi connectivity index (χ1) is 10.7. The number of carbonyl (C=O) groups is 1. The minimum atomic E-state index is 0.0644. The van der Waals surface area contributed by atoms with Gasteiger partial charge in [-0.05, 0) is 19.1 Å². The molecular weight excluding hydrogens is 316 g/mol. The highest BCUT2D eigenvalue weighted by atomic mass is 32.2. The summed E-state index contributed by atoms with van der Waals surface area (Å²) in [5.74, 6) is 0.410. The Morgan fingerprint density at radius 2 is 2.18 bits per heavy atom. The van der Waals surface area contributed by atoms with E-state index in [2.05, 4.69) is 22.1 Å². The molecule has 0 aliphatic carbocycles. The number of nitrogens with zero attached hydrogens (tertiary/aromatic N) is 3. The van der Waals surface area contributed by atoms with Crippen LogP contribution in [0.5, 0.6) is 0 Å². The van der Waals surface area contributed by atoms with E-state index in [9.17, 15) is 4.79 Å². The van der Waals surface area contributed by atoms with Gasteiger partial charge in [0.2, 0.25) is 11.0 Å². The van der Waals surface area contributed by atoms with Gasteiger partial charge in [-0.1, -0.05) is 47.4 Å². The molecule has 0 fully saturated rings. The number of nitrogens with one attached hydrogen (secondary N) is 1. The van der Waals surface area contributed by atoms with Gasteiger partial charge >= 0.3 is 0 Å². The number of hydrogen-bond acceptors (Lipinski definition) is 6. The van der Waals surface area contributed by atoms with Gasteiger partial charge in [0.25, 0.3) is 0 Å². The highest BCUT2D eigenvalue weighted by molar-refractivity contribution is 8.01. The van der Waals surface area contributed by atoms with Crippen LogP contribution < -0.4 is 10.2 Å². The Bertz CT molecular complexity index is 615. The lowest BCUT2D eigenvalue weighted by atomic mass is 10.3. The summed E-state index contributed by atoms with van der Waals surface area (Å²) in [6.07, 6.45) is 1.76. The number of para-hydroxylation sites is 1. The van der Waals surface area contributed by atoms with E-state index in [1.807, 2.05) is 37.3 Å². The van der Waals surface area contributed by atoms with Gasteiger partial charge in [0, 0.05) is 18.8 Å². The predicted molar refractivity (Wildman–Crippen MR) is 93.8 cm³/mol. The molecule has 5 nitrogen and oxygen atoms in total. The molecule has 0 unspecified atom stereocenters. The second kappa shape index (κ2) is 8.55. The summed E-state index contributed by atoms with van der Waals surface area (Å²) in [6.45, 7) is 6.90. The molecule has 0 spiro atoms. The molecule has 2 rings (SSSR count). The molecule has 0 saturated heterocycles. The number of benzene rings is 1. The minimum Gasteiger partial charge on any atom is -0.357 e. The lowest BCUT2D eigenvalue weighted by Crippen LogP contribution is -2.32. The third-order valence-electron chi connectivity index (χ3n) is 2.81. The normalized spacial score (nSPS) is 10.2. The average Bonchev–Trinajstić information content (AvgIpc) is 3.00. The number of rotatable bonds is 8. The zero-order valence-corrected chi connectivity index (χ0v) is 14.0. The number of carbonyl (C=O) groups excluding carboxylic acids is 1. The molecule has 0 aliphatic rings. The Morgan fingerprint density at radius 1 is 1.41 bits per heavy atom. The van der Waals surface area contributed by atoms with Crippen molar-refractivity contribution in [1.29, 1.82) is 0 Å². The van der Waals surface area contributed by atoms with E-state index in [1.165, 1.54) is 23.1 Å². The Balaban J connectivity index is 1.91. The molecule has 22 heavy (non-hydrogen) atoms. The van der Waals surface area contributed by atoms with Gasteiger partial charge in [-0.15, -0.1) is 16.8 Å². The van der Waals surface area contributed by atoms with E-state index in [-0.39, 0.29) is 5.91 Å². The molecule has 2 aromatic rings. The molecule has 1 aromatic carbocycles. The Kier molecular flexibility index (Phi) is 6.42. The molecule has 7 heteroatoms. The van der Waals surface area contributed by atoms with Crippen molar-refractivity contribution in [2.75, 3.05) is 29.1 Å². The summed E-state index contributed by atoms with van der Waals surface area (Å²) in [5.41, 5.74) is 0.918. The van der Waals surface area contributed by atoms with E-state index in [4.69, 9.17) is 0 Å². The van der Waals surface area contributed by atoms with Crippen molar-refractivity contribution >= 4 is 39.8 Å². The van der Waals surface area contributed by atoms with Crippen molar-refractivity contribution in [2.24, 2.45) is 0 Å². The SMILES string of the molecule is C=CCNc1nnc(SCC(=O)N(CC)c2ccccc2)s1. The topological polar surface area (TPSA) is 58.1 Å². The van der Waals surface area contributed by atoms with Gasteiger partial charge in [-0.25, -0.2) is 0 Å². The van der Waals surface area contributed by atoms with Crippen LogP contribution in [-0.4, -0.2) is 34.9 Å². The largest absolute Gasteiger partial charge is 0.357 e. The van der Waals surface area contributed by atoms with Gasteiger partial charge in [0.1, 0.15) is 0 Å². The Morgan fingerprint density at radius 3 is 2.86 bits per heavy atom. The maximum absolute atomic E-state index is 12.4. The van der Waals surface area contributed by atoms with Crippen molar-refractivity contribution in [3.8, 4) is 0 Å². The summed E-state index contributed by atoms with van der Waals surface area (Å²) >= 11 is 2.85. The quantitative estimate of drug-likeness (QED) is 0.593. The fourth-order valence-corrected chi connectivity index (χ4v) is 3.45. The van der Waals surface area contributed by atoms with Gasteiger partial charge < -0.3 is 10.2 Å². The molecule has 1 aromatic heterocycles. The van der Waals surface area contributed by atoms with E-state index in [0.29, 0.717) is 18.8 Å². The van der Waals surface area contributed by atoms with Crippen molar-refractivity contribution in [1.82, 2.24) is 10.2 Å². The molecule has 0 aliphatic heterocycles. The summed E-state index contributed by atoms with van der Waals surface area (Å²) in [7, 11) is 0. The van der Waals surface area contributed by atoms with Crippen LogP contribution in [0, 0.1) is 0 Å². The molecule has 1 N–H and O–H groups in total. The Labute approximate surface area is 138 Å². The first-order valence-electron chi connectivity index (χ1n) is 6.91. The summed E-state index contributed by atoms with van der Waals surface area (Å²) in [5, 5.41) is 11.9. The lowest BCUT2D eigenvalue weighted by Gasteiger charge is -2.20.